The van der Waals surface area contributed by atoms with Gasteiger partial charge in [0.1, 0.15) is 0 Å². The summed E-state index contributed by atoms with van der Waals surface area (Å²) in [4.78, 5) is 0. The van der Waals surface area contributed by atoms with E-state index in [4.69, 9.17) is 4.52 Å². The number of halogens is 1. The van der Waals surface area contributed by atoms with Crippen LogP contribution in [0.3, 0.4) is 0 Å². The second-order valence-corrected chi connectivity index (χ2v) is 8.86. The lowest BCUT2D eigenvalue weighted by atomic mass is 10.1. The first-order valence-corrected chi connectivity index (χ1v) is 7.56. The third-order valence-electron chi connectivity index (χ3n) is 1.08. The molecule has 0 heterocycles. The van der Waals surface area contributed by atoms with Crippen LogP contribution in [0.1, 0.15) is 41.5 Å². The number of alkyl halides is 1. The molecule has 1 N–H and O–H groups in total. The summed E-state index contributed by atoms with van der Waals surface area (Å²) in [6.07, 6.45) is 0. The standard InChI is InChI=1S/C9H21BrNO2P/c1-8(2,3)11-14(12,7-10)13-9(4,5)6/h7H2,1-6H3,(H,11,12). The fourth-order valence-corrected chi connectivity index (χ4v) is 3.77. The second-order valence-electron chi connectivity index (χ2n) is 5.36. The Kier molecular flexibility index (Phi) is 4.86. The van der Waals surface area contributed by atoms with Gasteiger partial charge in [-0.05, 0) is 41.5 Å². The molecule has 0 aliphatic rings. The monoisotopic (exact) mass is 285 g/mol. The number of hydrogen-bond acceptors (Lipinski definition) is 2. The van der Waals surface area contributed by atoms with Gasteiger partial charge in [0, 0.05) is 5.54 Å². The number of hydrogen-bond donors (Lipinski definition) is 1. The molecule has 0 saturated heterocycles. The maximum atomic E-state index is 12.2. The normalized spacial score (nSPS) is 17.9. The first-order chi connectivity index (χ1) is 5.97. The van der Waals surface area contributed by atoms with Crippen LogP contribution < -0.4 is 5.09 Å². The van der Waals surface area contributed by atoms with Crippen molar-refractivity contribution in [2.75, 3.05) is 5.07 Å². The molecule has 86 valence electrons. The Balaban J connectivity index is 4.59. The minimum atomic E-state index is -2.78. The van der Waals surface area contributed by atoms with Crippen molar-refractivity contribution in [1.29, 1.82) is 0 Å². The maximum Gasteiger partial charge on any atom is 0.281 e. The van der Waals surface area contributed by atoms with Crippen LogP contribution in [0.2, 0.25) is 0 Å². The van der Waals surface area contributed by atoms with E-state index in [9.17, 15) is 4.57 Å². The molecule has 0 aromatic carbocycles. The van der Waals surface area contributed by atoms with Crippen LogP contribution in [-0.2, 0) is 9.09 Å². The summed E-state index contributed by atoms with van der Waals surface area (Å²) in [7, 11) is -2.78. The zero-order valence-corrected chi connectivity index (χ0v) is 12.3. The molecule has 0 aromatic heterocycles. The van der Waals surface area contributed by atoms with Crippen molar-refractivity contribution in [1.82, 2.24) is 5.09 Å². The molecule has 0 aliphatic heterocycles. The van der Waals surface area contributed by atoms with Gasteiger partial charge in [0.05, 0.1) is 10.7 Å². The lowest BCUT2D eigenvalue weighted by molar-refractivity contribution is 0.130. The van der Waals surface area contributed by atoms with E-state index in [0.29, 0.717) is 5.07 Å². The summed E-state index contributed by atoms with van der Waals surface area (Å²) in [6.45, 7) is 11.6. The molecule has 5 heteroatoms. The summed E-state index contributed by atoms with van der Waals surface area (Å²) in [5.41, 5.74) is -0.615. The zero-order valence-electron chi connectivity index (χ0n) is 9.85. The van der Waals surface area contributed by atoms with Gasteiger partial charge in [0.15, 0.2) is 0 Å². The van der Waals surface area contributed by atoms with Crippen LogP contribution in [0.25, 0.3) is 0 Å². The van der Waals surface area contributed by atoms with Gasteiger partial charge in [-0.15, -0.1) is 0 Å². The lowest BCUT2D eigenvalue weighted by Gasteiger charge is -2.32. The average Bonchev–Trinajstić information content (AvgIpc) is 1.78. The smallest absolute Gasteiger partial charge is 0.281 e. The molecule has 1 unspecified atom stereocenters. The van der Waals surface area contributed by atoms with Crippen molar-refractivity contribution < 1.29 is 9.09 Å². The van der Waals surface area contributed by atoms with Gasteiger partial charge in [0.25, 0.3) is 7.52 Å². The third kappa shape index (κ3) is 6.99. The number of nitrogens with one attached hydrogen (secondary N) is 1. The molecule has 0 aliphatic carbocycles. The molecular weight excluding hydrogens is 265 g/mol. The summed E-state index contributed by atoms with van der Waals surface area (Å²) >= 11 is 3.23. The van der Waals surface area contributed by atoms with E-state index in [1.807, 2.05) is 41.5 Å². The van der Waals surface area contributed by atoms with E-state index in [1.165, 1.54) is 0 Å². The van der Waals surface area contributed by atoms with Crippen LogP contribution in [0.5, 0.6) is 0 Å². The largest absolute Gasteiger partial charge is 0.311 e. The molecule has 0 spiro atoms. The summed E-state index contributed by atoms with van der Waals surface area (Å²) in [6, 6.07) is 0. The average molecular weight is 286 g/mol. The van der Waals surface area contributed by atoms with Crippen LogP contribution in [0, 0.1) is 0 Å². The molecule has 14 heavy (non-hydrogen) atoms. The minimum absolute atomic E-state index is 0.214. The first kappa shape index (κ1) is 14.6. The highest BCUT2D eigenvalue weighted by Crippen LogP contribution is 2.49. The van der Waals surface area contributed by atoms with E-state index in [0.717, 1.165) is 0 Å². The third-order valence-corrected chi connectivity index (χ3v) is 5.23. The lowest BCUT2D eigenvalue weighted by Crippen LogP contribution is -2.36. The Morgan fingerprint density at radius 2 is 1.64 bits per heavy atom. The van der Waals surface area contributed by atoms with Gasteiger partial charge >= 0.3 is 0 Å². The van der Waals surface area contributed by atoms with E-state index >= 15 is 0 Å². The van der Waals surface area contributed by atoms with Gasteiger partial charge in [-0.3, -0.25) is 4.57 Å². The Morgan fingerprint density at radius 3 is 1.86 bits per heavy atom. The SMILES string of the molecule is CC(C)(C)NP(=O)(CBr)OC(C)(C)C. The van der Waals surface area contributed by atoms with Crippen molar-refractivity contribution in [2.24, 2.45) is 0 Å². The van der Waals surface area contributed by atoms with Crippen molar-refractivity contribution in [2.45, 2.75) is 52.7 Å². The van der Waals surface area contributed by atoms with Crippen LogP contribution in [-0.4, -0.2) is 16.2 Å². The summed E-state index contributed by atoms with van der Waals surface area (Å²) < 4.78 is 17.8. The summed E-state index contributed by atoms with van der Waals surface area (Å²) in [5, 5.41) is 3.35. The van der Waals surface area contributed by atoms with Crippen molar-refractivity contribution in [3.8, 4) is 0 Å². The molecule has 0 saturated carbocycles. The van der Waals surface area contributed by atoms with Crippen molar-refractivity contribution in [3.05, 3.63) is 0 Å². The van der Waals surface area contributed by atoms with E-state index < -0.39 is 13.1 Å². The van der Waals surface area contributed by atoms with Gasteiger partial charge < -0.3 is 4.52 Å². The predicted molar refractivity (Wildman–Crippen MR) is 65.1 cm³/mol. The molecule has 0 amide bonds. The molecule has 3 nitrogen and oxygen atoms in total. The first-order valence-electron chi connectivity index (χ1n) is 4.63. The fraction of sp³-hybridized carbons (Fsp3) is 1.00. The highest BCUT2D eigenvalue weighted by molar-refractivity contribution is 9.10. The van der Waals surface area contributed by atoms with Crippen LogP contribution in [0.15, 0.2) is 0 Å². The highest BCUT2D eigenvalue weighted by atomic mass is 79.9. The fourth-order valence-electron chi connectivity index (χ4n) is 1.03. The molecule has 0 radical (unpaired) electrons. The summed E-state index contributed by atoms with van der Waals surface area (Å²) in [5.74, 6) is 0. The molecular formula is C9H21BrNO2P. The Bertz CT molecular complexity index is 210. The van der Waals surface area contributed by atoms with E-state index in [1.54, 1.807) is 0 Å². The minimum Gasteiger partial charge on any atom is -0.311 e. The molecule has 0 fully saturated rings. The molecule has 0 aromatic rings. The Hall–Kier alpha value is 0.630. The Labute approximate surface area is 95.6 Å². The van der Waals surface area contributed by atoms with Gasteiger partial charge in [-0.1, -0.05) is 15.9 Å². The Morgan fingerprint density at radius 1 is 1.21 bits per heavy atom. The maximum absolute atomic E-state index is 12.2. The van der Waals surface area contributed by atoms with Gasteiger partial charge in [-0.2, -0.15) is 0 Å². The van der Waals surface area contributed by atoms with E-state index in [2.05, 4.69) is 21.0 Å². The van der Waals surface area contributed by atoms with Crippen molar-refractivity contribution in [3.63, 3.8) is 0 Å². The molecule has 1 atom stereocenters. The zero-order chi connectivity index (χ0) is 11.6. The predicted octanol–water partition coefficient (Wildman–Crippen LogP) is 3.74. The highest BCUT2D eigenvalue weighted by Gasteiger charge is 2.32. The van der Waals surface area contributed by atoms with Crippen molar-refractivity contribution >= 4 is 23.4 Å². The molecule has 0 bridgehead atoms. The van der Waals surface area contributed by atoms with E-state index in [-0.39, 0.29) is 5.54 Å². The van der Waals surface area contributed by atoms with Gasteiger partial charge in [-0.25, -0.2) is 5.09 Å². The quantitative estimate of drug-likeness (QED) is 0.634. The second kappa shape index (κ2) is 4.65. The van der Waals surface area contributed by atoms with Crippen LogP contribution >= 0.6 is 23.4 Å². The molecule has 0 rings (SSSR count). The topological polar surface area (TPSA) is 38.3 Å². The van der Waals surface area contributed by atoms with Gasteiger partial charge in [0.2, 0.25) is 0 Å². The number of rotatable bonds is 3. The van der Waals surface area contributed by atoms with Crippen LogP contribution in [0.4, 0.5) is 0 Å².